The van der Waals surface area contributed by atoms with Crippen LogP contribution in [-0.2, 0) is 0 Å². The molecule has 2 aromatic carbocycles. The molecule has 0 saturated heterocycles. The Morgan fingerprint density at radius 1 is 1.05 bits per heavy atom. The van der Waals surface area contributed by atoms with Crippen molar-refractivity contribution in [1.82, 2.24) is 0 Å². The van der Waals surface area contributed by atoms with Crippen molar-refractivity contribution in [3.63, 3.8) is 0 Å². The lowest BCUT2D eigenvalue weighted by Crippen LogP contribution is -3.62. The quantitative estimate of drug-likeness (QED) is 0.661. The first kappa shape index (κ1) is 14.1. The van der Waals surface area contributed by atoms with Crippen molar-refractivity contribution in [2.45, 2.75) is 20.8 Å². The molecule has 0 unspecified atom stereocenters. The SMILES string of the molecule is Cc1cc(C)c([I+]c2ccccc2C(=O)[O-])c(C)c1. The minimum absolute atomic E-state index is 0.328. The summed E-state index contributed by atoms with van der Waals surface area (Å²) in [7, 11) is 0. The van der Waals surface area contributed by atoms with Gasteiger partial charge < -0.3 is 9.90 Å². The first-order chi connectivity index (χ1) is 8.99. The molecule has 0 radical (unpaired) electrons. The molecule has 0 saturated carbocycles. The lowest BCUT2D eigenvalue weighted by atomic mass is 10.1. The minimum atomic E-state index is -1.09. The summed E-state index contributed by atoms with van der Waals surface area (Å²) >= 11 is -0.504. The number of aromatic carboxylic acids is 1. The van der Waals surface area contributed by atoms with Gasteiger partial charge in [0.2, 0.25) is 3.57 Å². The second-order valence-electron chi connectivity index (χ2n) is 4.57. The first-order valence-corrected chi connectivity index (χ1v) is 8.18. The Balaban J connectivity index is 2.45. The summed E-state index contributed by atoms with van der Waals surface area (Å²) in [6.45, 7) is 6.27. The molecule has 0 N–H and O–H groups in total. The maximum atomic E-state index is 11.1. The topological polar surface area (TPSA) is 40.1 Å². The molecule has 0 aliphatic rings. The minimum Gasteiger partial charge on any atom is -0.545 e. The molecule has 0 fully saturated rings. The highest BCUT2D eigenvalue weighted by Gasteiger charge is 2.24. The molecule has 0 spiro atoms. The Kier molecular flexibility index (Phi) is 4.24. The van der Waals surface area contributed by atoms with E-state index < -0.39 is 27.2 Å². The standard InChI is InChI=1S/C16H15IO2/c1-10-8-11(2)15(12(3)9-10)17-14-7-5-4-6-13(14)16(18)19/h4-9H,1-3H3. The van der Waals surface area contributed by atoms with E-state index >= 15 is 0 Å². The molecule has 0 bridgehead atoms. The average molecular weight is 366 g/mol. The fourth-order valence-corrected chi connectivity index (χ4v) is 4.94. The Hall–Kier alpha value is -1.36. The van der Waals surface area contributed by atoms with Crippen LogP contribution >= 0.6 is 0 Å². The van der Waals surface area contributed by atoms with Crippen molar-refractivity contribution in [1.29, 1.82) is 0 Å². The van der Waals surface area contributed by atoms with Gasteiger partial charge in [0.15, 0.2) is 3.57 Å². The Labute approximate surface area is 123 Å². The highest BCUT2D eigenvalue weighted by molar-refractivity contribution is 5.85. The summed E-state index contributed by atoms with van der Waals surface area (Å²) in [5, 5.41) is 11.1. The normalized spacial score (nSPS) is 10.5. The van der Waals surface area contributed by atoms with E-state index in [2.05, 4.69) is 32.9 Å². The van der Waals surface area contributed by atoms with Gasteiger partial charge in [0.05, 0.1) is 11.5 Å². The maximum Gasteiger partial charge on any atom is 0.359 e. The van der Waals surface area contributed by atoms with Crippen LogP contribution in [0.2, 0.25) is 0 Å². The van der Waals surface area contributed by atoms with E-state index in [4.69, 9.17) is 0 Å². The smallest absolute Gasteiger partial charge is 0.359 e. The van der Waals surface area contributed by atoms with Gasteiger partial charge >= 0.3 is 21.2 Å². The molecule has 0 atom stereocenters. The molecule has 0 aliphatic heterocycles. The van der Waals surface area contributed by atoms with E-state index in [1.54, 1.807) is 12.1 Å². The maximum absolute atomic E-state index is 11.1. The van der Waals surface area contributed by atoms with Crippen LogP contribution in [0.1, 0.15) is 27.0 Å². The summed E-state index contributed by atoms with van der Waals surface area (Å²) in [6.07, 6.45) is 0. The predicted octanol–water partition coefficient (Wildman–Crippen LogP) is -0.896. The molecular weight excluding hydrogens is 351 g/mol. The van der Waals surface area contributed by atoms with Gasteiger partial charge in [0.25, 0.3) is 0 Å². The van der Waals surface area contributed by atoms with Crippen molar-refractivity contribution in [3.05, 3.63) is 65.8 Å². The van der Waals surface area contributed by atoms with E-state index in [1.807, 2.05) is 12.1 Å². The molecule has 0 heterocycles. The number of carbonyl (C=O) groups excluding carboxylic acids is 1. The summed E-state index contributed by atoms with van der Waals surface area (Å²) in [5.74, 6) is -1.09. The number of hydrogen-bond acceptors (Lipinski definition) is 2. The fraction of sp³-hybridized carbons (Fsp3) is 0.188. The zero-order chi connectivity index (χ0) is 14.0. The van der Waals surface area contributed by atoms with Crippen LogP contribution in [-0.4, -0.2) is 5.97 Å². The van der Waals surface area contributed by atoms with Gasteiger partial charge in [-0.15, -0.1) is 0 Å². The molecule has 2 nitrogen and oxygen atoms in total. The van der Waals surface area contributed by atoms with Crippen LogP contribution in [0.4, 0.5) is 0 Å². The van der Waals surface area contributed by atoms with Gasteiger partial charge in [-0.2, -0.15) is 0 Å². The lowest BCUT2D eigenvalue weighted by molar-refractivity contribution is -0.599. The highest BCUT2D eigenvalue weighted by atomic mass is 127. The second kappa shape index (κ2) is 5.74. The van der Waals surface area contributed by atoms with Crippen LogP contribution in [0.3, 0.4) is 0 Å². The second-order valence-corrected chi connectivity index (χ2v) is 7.35. The zero-order valence-corrected chi connectivity index (χ0v) is 13.3. The molecule has 98 valence electrons. The largest absolute Gasteiger partial charge is 0.545 e. The van der Waals surface area contributed by atoms with Crippen LogP contribution in [0.25, 0.3) is 0 Å². The van der Waals surface area contributed by atoms with Crippen molar-refractivity contribution >= 4 is 5.97 Å². The highest BCUT2D eigenvalue weighted by Crippen LogP contribution is 2.08. The van der Waals surface area contributed by atoms with Gasteiger partial charge in [-0.25, -0.2) is 0 Å². The van der Waals surface area contributed by atoms with Crippen molar-refractivity contribution in [2.24, 2.45) is 0 Å². The van der Waals surface area contributed by atoms with Gasteiger partial charge in [-0.05, 0) is 32.9 Å². The van der Waals surface area contributed by atoms with Crippen molar-refractivity contribution in [3.8, 4) is 0 Å². The number of aryl methyl sites for hydroxylation is 3. The molecule has 0 amide bonds. The van der Waals surface area contributed by atoms with Gasteiger partial charge in [-0.3, -0.25) is 0 Å². The van der Waals surface area contributed by atoms with E-state index in [9.17, 15) is 9.90 Å². The van der Waals surface area contributed by atoms with Crippen molar-refractivity contribution in [2.75, 3.05) is 0 Å². The first-order valence-electron chi connectivity index (χ1n) is 6.02. The molecule has 3 heteroatoms. The lowest BCUT2D eigenvalue weighted by Gasteiger charge is -2.04. The third kappa shape index (κ3) is 3.15. The Morgan fingerprint density at radius 2 is 1.63 bits per heavy atom. The predicted molar refractivity (Wildman–Crippen MR) is 68.8 cm³/mol. The number of carboxylic acids is 1. The van der Waals surface area contributed by atoms with Crippen LogP contribution in [0.5, 0.6) is 0 Å². The number of benzene rings is 2. The van der Waals surface area contributed by atoms with E-state index in [0.29, 0.717) is 5.56 Å². The van der Waals surface area contributed by atoms with E-state index in [1.165, 1.54) is 20.3 Å². The van der Waals surface area contributed by atoms with Crippen LogP contribution < -0.4 is 26.3 Å². The van der Waals surface area contributed by atoms with Crippen LogP contribution in [0, 0.1) is 27.9 Å². The molecule has 2 rings (SSSR count). The average Bonchev–Trinajstić information content (AvgIpc) is 2.34. The summed E-state index contributed by atoms with van der Waals surface area (Å²) in [6, 6.07) is 11.5. The fourth-order valence-electron chi connectivity index (χ4n) is 2.12. The van der Waals surface area contributed by atoms with Crippen molar-refractivity contribution < 1.29 is 31.1 Å². The van der Waals surface area contributed by atoms with Gasteiger partial charge in [0, 0.05) is 11.1 Å². The third-order valence-corrected chi connectivity index (χ3v) is 6.63. The Morgan fingerprint density at radius 3 is 2.21 bits per heavy atom. The molecule has 0 aromatic heterocycles. The number of hydrogen-bond donors (Lipinski definition) is 0. The number of carbonyl (C=O) groups is 1. The zero-order valence-electron chi connectivity index (χ0n) is 11.2. The summed E-state index contributed by atoms with van der Waals surface area (Å²) in [4.78, 5) is 11.1. The number of halogens is 1. The summed E-state index contributed by atoms with van der Waals surface area (Å²) in [5.41, 5.74) is 4.07. The van der Waals surface area contributed by atoms with E-state index in [-0.39, 0.29) is 0 Å². The van der Waals surface area contributed by atoms with Gasteiger partial charge in [0.1, 0.15) is 0 Å². The molecule has 19 heavy (non-hydrogen) atoms. The third-order valence-electron chi connectivity index (χ3n) is 2.87. The van der Waals surface area contributed by atoms with Crippen LogP contribution in [0.15, 0.2) is 36.4 Å². The summed E-state index contributed by atoms with van der Waals surface area (Å²) < 4.78 is 2.22. The Bertz CT molecular complexity index is 609. The number of rotatable bonds is 3. The van der Waals surface area contributed by atoms with Gasteiger partial charge in [-0.1, -0.05) is 29.8 Å². The molecule has 2 aromatic rings. The molecule has 0 aliphatic carbocycles. The van der Waals surface area contributed by atoms with E-state index in [0.717, 1.165) is 3.57 Å². The molecular formula is C16H15IO2. The monoisotopic (exact) mass is 366 g/mol. The number of carboxylic acid groups (broad SMARTS) is 1.